The maximum Gasteiger partial charge on any atom is 0.121 e. The van der Waals surface area contributed by atoms with Gasteiger partial charge < -0.3 is 14.4 Å². The Bertz CT molecular complexity index is 982. The number of ether oxygens (including phenoxy) is 2. The third-order valence-corrected chi connectivity index (χ3v) is 7.55. The molecule has 0 amide bonds. The summed E-state index contributed by atoms with van der Waals surface area (Å²) in [5.41, 5.74) is 2.40. The zero-order valence-corrected chi connectivity index (χ0v) is 20.1. The van der Waals surface area contributed by atoms with Crippen LogP contribution < -0.4 is 9.47 Å². The van der Waals surface area contributed by atoms with Gasteiger partial charge in [-0.1, -0.05) is 15.9 Å². The van der Waals surface area contributed by atoms with Crippen molar-refractivity contribution in [1.29, 1.82) is 0 Å². The molecule has 1 aliphatic rings. The summed E-state index contributed by atoms with van der Waals surface area (Å²) in [7, 11) is 1.73. The number of hydrogen-bond acceptors (Lipinski definition) is 5. The minimum absolute atomic E-state index is 0.745. The van der Waals surface area contributed by atoms with Crippen LogP contribution in [0.25, 0.3) is 10.2 Å². The second-order valence-corrected chi connectivity index (χ2v) is 10.1. The number of thiazole rings is 1. The monoisotopic (exact) mass is 488 g/mol. The van der Waals surface area contributed by atoms with Gasteiger partial charge in [0.2, 0.25) is 0 Å². The fourth-order valence-corrected chi connectivity index (χ4v) is 5.37. The van der Waals surface area contributed by atoms with Gasteiger partial charge in [-0.3, -0.25) is 0 Å². The number of rotatable bonds is 8. The van der Waals surface area contributed by atoms with E-state index in [9.17, 15) is 0 Å². The molecule has 2 heterocycles. The largest absolute Gasteiger partial charge is 0.497 e. The number of methoxy groups -OCH3 is 1. The van der Waals surface area contributed by atoms with Crippen molar-refractivity contribution < 1.29 is 9.47 Å². The summed E-state index contributed by atoms with van der Waals surface area (Å²) in [5, 5.41) is 1.10. The van der Waals surface area contributed by atoms with Gasteiger partial charge in [0.05, 0.1) is 28.9 Å². The number of halogens is 1. The fraction of sp³-hybridized carbons (Fsp3) is 0.458. The van der Waals surface area contributed by atoms with Gasteiger partial charge in [-0.05, 0) is 87.5 Å². The first-order valence-corrected chi connectivity index (χ1v) is 12.3. The Hall–Kier alpha value is -1.63. The maximum absolute atomic E-state index is 5.97. The number of likely N-dealkylation sites (tertiary alicyclic amines) is 1. The SMILES string of the molecule is COc1ccc(Br)c(CC2CCN(CCCOc3ccc4sc(C)nc4c3)CC2)c1. The molecule has 0 spiro atoms. The van der Waals surface area contributed by atoms with Gasteiger partial charge in [0.25, 0.3) is 0 Å². The Labute approximate surface area is 191 Å². The van der Waals surface area contributed by atoms with E-state index in [0.717, 1.165) is 53.9 Å². The summed E-state index contributed by atoms with van der Waals surface area (Å²) < 4.78 is 13.8. The molecule has 4 rings (SSSR count). The number of aryl methyl sites for hydroxylation is 1. The number of benzene rings is 2. The maximum atomic E-state index is 5.97. The Morgan fingerprint density at radius 3 is 2.73 bits per heavy atom. The number of fused-ring (bicyclic) bond motifs is 1. The van der Waals surface area contributed by atoms with E-state index in [1.807, 2.05) is 13.0 Å². The summed E-state index contributed by atoms with van der Waals surface area (Å²) in [6.45, 7) is 6.26. The molecule has 2 aromatic carbocycles. The van der Waals surface area contributed by atoms with Crippen LogP contribution in [0.2, 0.25) is 0 Å². The standard InChI is InChI=1S/C24H29BrN2O2S/c1-17-26-23-16-21(5-7-24(23)30-17)29-13-3-10-27-11-8-18(9-12-27)14-19-15-20(28-2)4-6-22(19)25/h4-7,15-16,18H,3,8-14H2,1-2H3. The molecule has 30 heavy (non-hydrogen) atoms. The van der Waals surface area contributed by atoms with Crippen LogP contribution in [0.4, 0.5) is 0 Å². The highest BCUT2D eigenvalue weighted by Crippen LogP contribution is 2.29. The van der Waals surface area contributed by atoms with Crippen LogP contribution >= 0.6 is 27.3 Å². The minimum Gasteiger partial charge on any atom is -0.497 e. The normalized spacial score (nSPS) is 15.6. The molecule has 160 valence electrons. The van der Waals surface area contributed by atoms with Crippen molar-refractivity contribution in [2.24, 2.45) is 5.92 Å². The van der Waals surface area contributed by atoms with E-state index in [1.165, 1.54) is 40.7 Å². The topological polar surface area (TPSA) is 34.6 Å². The lowest BCUT2D eigenvalue weighted by molar-refractivity contribution is 0.170. The summed E-state index contributed by atoms with van der Waals surface area (Å²) in [6, 6.07) is 12.5. The number of nitrogens with zero attached hydrogens (tertiary/aromatic N) is 2. The Balaban J connectivity index is 1.18. The van der Waals surface area contributed by atoms with Crippen molar-refractivity contribution in [1.82, 2.24) is 9.88 Å². The quantitative estimate of drug-likeness (QED) is 0.358. The first-order chi connectivity index (χ1) is 14.6. The lowest BCUT2D eigenvalue weighted by Crippen LogP contribution is -2.35. The second-order valence-electron chi connectivity index (χ2n) is 8.01. The van der Waals surface area contributed by atoms with Gasteiger partial charge in [0.1, 0.15) is 11.5 Å². The van der Waals surface area contributed by atoms with Crippen molar-refractivity contribution in [3.05, 3.63) is 51.4 Å². The highest BCUT2D eigenvalue weighted by atomic mass is 79.9. The third-order valence-electron chi connectivity index (χ3n) is 5.82. The first-order valence-electron chi connectivity index (χ1n) is 10.7. The Morgan fingerprint density at radius 2 is 1.93 bits per heavy atom. The molecular formula is C24H29BrN2O2S. The molecule has 0 saturated carbocycles. The van der Waals surface area contributed by atoms with Crippen LogP contribution in [-0.2, 0) is 6.42 Å². The molecular weight excluding hydrogens is 460 g/mol. The predicted molar refractivity (Wildman–Crippen MR) is 128 cm³/mol. The van der Waals surface area contributed by atoms with Crippen LogP contribution in [0.5, 0.6) is 11.5 Å². The summed E-state index contributed by atoms with van der Waals surface area (Å²) in [6.07, 6.45) is 4.68. The highest BCUT2D eigenvalue weighted by molar-refractivity contribution is 9.10. The Morgan fingerprint density at radius 1 is 1.13 bits per heavy atom. The smallest absolute Gasteiger partial charge is 0.121 e. The highest BCUT2D eigenvalue weighted by Gasteiger charge is 2.20. The summed E-state index contributed by atoms with van der Waals surface area (Å²) in [5.74, 6) is 2.61. The first kappa shape index (κ1) is 21.6. The van der Waals surface area contributed by atoms with E-state index in [1.54, 1.807) is 18.4 Å². The summed E-state index contributed by atoms with van der Waals surface area (Å²) in [4.78, 5) is 7.12. The average Bonchev–Trinajstić information content (AvgIpc) is 3.13. The van der Waals surface area contributed by atoms with Crippen LogP contribution in [0.1, 0.15) is 29.8 Å². The molecule has 0 atom stereocenters. The molecule has 1 aromatic heterocycles. The molecule has 6 heteroatoms. The number of hydrogen-bond donors (Lipinski definition) is 0. The van der Waals surface area contributed by atoms with Crippen LogP contribution in [0.3, 0.4) is 0 Å². The van der Waals surface area contributed by atoms with Gasteiger partial charge in [-0.15, -0.1) is 11.3 Å². The molecule has 1 saturated heterocycles. The van der Waals surface area contributed by atoms with Crippen LogP contribution in [0.15, 0.2) is 40.9 Å². The third kappa shape index (κ3) is 5.54. The van der Waals surface area contributed by atoms with E-state index >= 15 is 0 Å². The van der Waals surface area contributed by atoms with E-state index in [4.69, 9.17) is 9.47 Å². The lowest BCUT2D eigenvalue weighted by Gasteiger charge is -2.32. The second kappa shape index (κ2) is 10.1. The number of aromatic nitrogens is 1. The zero-order chi connectivity index (χ0) is 20.9. The fourth-order valence-electron chi connectivity index (χ4n) is 4.15. The predicted octanol–water partition coefficient (Wildman–Crippen LogP) is 6.10. The molecule has 0 radical (unpaired) electrons. The van der Waals surface area contributed by atoms with Crippen molar-refractivity contribution in [2.45, 2.75) is 32.6 Å². The summed E-state index contributed by atoms with van der Waals surface area (Å²) >= 11 is 5.42. The van der Waals surface area contributed by atoms with Gasteiger partial charge in [0, 0.05) is 17.1 Å². The van der Waals surface area contributed by atoms with Gasteiger partial charge in [0.15, 0.2) is 0 Å². The Kier molecular flexibility index (Phi) is 7.28. The lowest BCUT2D eigenvalue weighted by atomic mass is 9.90. The van der Waals surface area contributed by atoms with Gasteiger partial charge in [-0.25, -0.2) is 4.98 Å². The molecule has 0 aliphatic carbocycles. The van der Waals surface area contributed by atoms with Gasteiger partial charge in [-0.2, -0.15) is 0 Å². The van der Waals surface area contributed by atoms with Crippen molar-refractivity contribution in [3.63, 3.8) is 0 Å². The molecule has 4 nitrogen and oxygen atoms in total. The zero-order valence-electron chi connectivity index (χ0n) is 17.7. The van der Waals surface area contributed by atoms with E-state index < -0.39 is 0 Å². The van der Waals surface area contributed by atoms with Crippen molar-refractivity contribution >= 4 is 37.5 Å². The molecule has 0 unspecified atom stereocenters. The molecule has 0 N–H and O–H groups in total. The van der Waals surface area contributed by atoms with E-state index in [2.05, 4.69) is 56.1 Å². The van der Waals surface area contributed by atoms with E-state index in [-0.39, 0.29) is 0 Å². The van der Waals surface area contributed by atoms with Gasteiger partial charge >= 0.3 is 0 Å². The van der Waals surface area contributed by atoms with Crippen LogP contribution in [0, 0.1) is 12.8 Å². The molecule has 3 aromatic rings. The molecule has 0 bridgehead atoms. The number of piperidine rings is 1. The van der Waals surface area contributed by atoms with Crippen molar-refractivity contribution in [2.75, 3.05) is 33.4 Å². The molecule has 1 fully saturated rings. The van der Waals surface area contributed by atoms with Crippen LogP contribution in [-0.4, -0.2) is 43.2 Å². The molecule has 1 aliphatic heterocycles. The average molecular weight is 489 g/mol. The minimum atomic E-state index is 0.745. The van der Waals surface area contributed by atoms with E-state index in [0.29, 0.717) is 0 Å². The van der Waals surface area contributed by atoms with Crippen molar-refractivity contribution in [3.8, 4) is 11.5 Å².